The summed E-state index contributed by atoms with van der Waals surface area (Å²) < 4.78 is 10.1. The highest BCUT2D eigenvalue weighted by Crippen LogP contribution is 2.27. The predicted molar refractivity (Wildman–Crippen MR) is 102 cm³/mol. The molecule has 2 aromatic carbocycles. The number of ether oxygens (including phenoxy) is 2. The Balaban J connectivity index is 1.41. The standard InChI is InChI=1S/C20H21NO4S/c1-24-17-7-3-6-16(11-17)21-19(22)12-25-20(23)13-26-18-9-8-14-4-2-5-15(14)10-18/h3,6-11H,2,4-5,12-13H2,1H3,(H,21,22). The van der Waals surface area contributed by atoms with Gasteiger partial charge in [-0.15, -0.1) is 11.8 Å². The van der Waals surface area contributed by atoms with Crippen LogP contribution in [-0.2, 0) is 27.2 Å². The van der Waals surface area contributed by atoms with E-state index in [4.69, 9.17) is 9.47 Å². The Morgan fingerprint density at radius 3 is 2.81 bits per heavy atom. The van der Waals surface area contributed by atoms with Crippen LogP contribution in [0.15, 0.2) is 47.4 Å². The van der Waals surface area contributed by atoms with Gasteiger partial charge in [0, 0.05) is 16.6 Å². The van der Waals surface area contributed by atoms with Crippen LogP contribution in [0, 0.1) is 0 Å². The van der Waals surface area contributed by atoms with Gasteiger partial charge in [-0.05, 0) is 54.7 Å². The third-order valence-electron chi connectivity index (χ3n) is 4.14. The van der Waals surface area contributed by atoms with E-state index < -0.39 is 5.97 Å². The summed E-state index contributed by atoms with van der Waals surface area (Å²) in [6.07, 6.45) is 3.46. The summed E-state index contributed by atoms with van der Waals surface area (Å²) in [7, 11) is 1.56. The Bertz CT molecular complexity index is 806. The summed E-state index contributed by atoms with van der Waals surface area (Å²) in [5.41, 5.74) is 3.38. The highest BCUT2D eigenvalue weighted by molar-refractivity contribution is 8.00. The minimum atomic E-state index is -0.406. The van der Waals surface area contributed by atoms with Crippen molar-refractivity contribution in [3.05, 3.63) is 53.6 Å². The third kappa shape index (κ3) is 5.02. The normalized spacial score (nSPS) is 12.3. The average Bonchev–Trinajstić information content (AvgIpc) is 3.12. The van der Waals surface area contributed by atoms with Gasteiger partial charge < -0.3 is 14.8 Å². The number of thioether (sulfide) groups is 1. The molecule has 0 saturated carbocycles. The number of benzene rings is 2. The van der Waals surface area contributed by atoms with Gasteiger partial charge in [-0.25, -0.2) is 0 Å². The zero-order valence-corrected chi connectivity index (χ0v) is 15.4. The Labute approximate surface area is 157 Å². The molecule has 26 heavy (non-hydrogen) atoms. The lowest BCUT2D eigenvalue weighted by Gasteiger charge is -2.08. The molecule has 1 N–H and O–H groups in total. The van der Waals surface area contributed by atoms with Gasteiger partial charge in [0.05, 0.1) is 12.9 Å². The van der Waals surface area contributed by atoms with E-state index in [1.165, 1.54) is 29.3 Å². The highest BCUT2D eigenvalue weighted by atomic mass is 32.2. The maximum Gasteiger partial charge on any atom is 0.316 e. The smallest absolute Gasteiger partial charge is 0.316 e. The first-order valence-corrected chi connectivity index (χ1v) is 9.47. The zero-order valence-electron chi connectivity index (χ0n) is 14.6. The number of carbonyl (C=O) groups is 2. The van der Waals surface area contributed by atoms with Crippen LogP contribution in [0.1, 0.15) is 17.5 Å². The molecule has 0 spiro atoms. The van der Waals surface area contributed by atoms with Crippen LogP contribution in [0.25, 0.3) is 0 Å². The molecule has 0 saturated heterocycles. The summed E-state index contributed by atoms with van der Waals surface area (Å²) in [6, 6.07) is 13.3. The Hall–Kier alpha value is -2.47. The van der Waals surface area contributed by atoms with Crippen molar-refractivity contribution in [1.82, 2.24) is 0 Å². The van der Waals surface area contributed by atoms with E-state index in [9.17, 15) is 9.59 Å². The number of nitrogens with one attached hydrogen (secondary N) is 1. The second-order valence-corrected chi connectivity index (χ2v) is 7.06. The maximum absolute atomic E-state index is 11.9. The van der Waals surface area contributed by atoms with E-state index in [0.717, 1.165) is 17.7 Å². The maximum atomic E-state index is 11.9. The fourth-order valence-electron chi connectivity index (χ4n) is 2.87. The van der Waals surface area contributed by atoms with Gasteiger partial charge in [0.2, 0.25) is 0 Å². The molecule has 0 aliphatic heterocycles. The van der Waals surface area contributed by atoms with Crippen molar-refractivity contribution in [3.8, 4) is 5.75 Å². The number of fused-ring (bicyclic) bond motifs is 1. The zero-order chi connectivity index (χ0) is 18.4. The van der Waals surface area contributed by atoms with Crippen LogP contribution in [0.3, 0.4) is 0 Å². The van der Waals surface area contributed by atoms with Crippen molar-refractivity contribution in [3.63, 3.8) is 0 Å². The van der Waals surface area contributed by atoms with Crippen LogP contribution in [0.4, 0.5) is 5.69 Å². The Kier molecular flexibility index (Phi) is 6.17. The van der Waals surface area contributed by atoms with Crippen LogP contribution >= 0.6 is 11.8 Å². The summed E-state index contributed by atoms with van der Waals surface area (Å²) in [4.78, 5) is 24.8. The van der Waals surface area contributed by atoms with Gasteiger partial charge in [0.15, 0.2) is 6.61 Å². The molecule has 5 nitrogen and oxygen atoms in total. The average molecular weight is 371 g/mol. The Morgan fingerprint density at radius 1 is 1.12 bits per heavy atom. The number of hydrogen-bond donors (Lipinski definition) is 1. The lowest BCUT2D eigenvalue weighted by molar-refractivity contribution is -0.144. The second kappa shape index (κ2) is 8.76. The number of aryl methyl sites for hydroxylation is 2. The number of rotatable bonds is 7. The van der Waals surface area contributed by atoms with Crippen molar-refractivity contribution < 1.29 is 19.1 Å². The molecule has 0 fully saturated rings. The lowest BCUT2D eigenvalue weighted by Crippen LogP contribution is -2.21. The van der Waals surface area contributed by atoms with E-state index in [0.29, 0.717) is 11.4 Å². The monoisotopic (exact) mass is 371 g/mol. The van der Waals surface area contributed by atoms with Crippen molar-refractivity contribution in [2.24, 2.45) is 0 Å². The van der Waals surface area contributed by atoms with E-state index in [-0.39, 0.29) is 18.3 Å². The number of anilines is 1. The van der Waals surface area contributed by atoms with Crippen LogP contribution in [0.5, 0.6) is 5.75 Å². The molecule has 0 unspecified atom stereocenters. The number of methoxy groups -OCH3 is 1. The molecule has 0 radical (unpaired) electrons. The van der Waals surface area contributed by atoms with Crippen LogP contribution in [-0.4, -0.2) is 31.3 Å². The number of esters is 1. The van der Waals surface area contributed by atoms with Crippen LogP contribution in [0.2, 0.25) is 0 Å². The van der Waals surface area contributed by atoms with Crippen molar-refractivity contribution in [2.75, 3.05) is 24.8 Å². The highest BCUT2D eigenvalue weighted by Gasteiger charge is 2.13. The largest absolute Gasteiger partial charge is 0.497 e. The van der Waals surface area contributed by atoms with Gasteiger partial charge in [0.25, 0.3) is 5.91 Å². The molecule has 1 aliphatic rings. The molecular weight excluding hydrogens is 350 g/mol. The fraction of sp³-hybridized carbons (Fsp3) is 0.300. The van der Waals surface area contributed by atoms with Gasteiger partial charge >= 0.3 is 5.97 Å². The molecule has 0 aromatic heterocycles. The molecule has 6 heteroatoms. The first-order chi connectivity index (χ1) is 12.6. The summed E-state index contributed by atoms with van der Waals surface area (Å²) in [5.74, 6) is 0.0431. The summed E-state index contributed by atoms with van der Waals surface area (Å²) in [5, 5.41) is 2.67. The molecule has 2 aromatic rings. The molecule has 0 atom stereocenters. The van der Waals surface area contributed by atoms with E-state index in [1.807, 2.05) is 6.07 Å². The first-order valence-electron chi connectivity index (χ1n) is 8.48. The number of amides is 1. The van der Waals surface area contributed by atoms with Gasteiger partial charge in [-0.1, -0.05) is 12.1 Å². The molecule has 0 bridgehead atoms. The first kappa shape index (κ1) is 18.3. The molecule has 1 aliphatic carbocycles. The van der Waals surface area contributed by atoms with Crippen molar-refractivity contribution in [2.45, 2.75) is 24.2 Å². The Morgan fingerprint density at radius 2 is 1.96 bits per heavy atom. The van der Waals surface area contributed by atoms with Crippen molar-refractivity contribution in [1.29, 1.82) is 0 Å². The molecular formula is C20H21NO4S. The van der Waals surface area contributed by atoms with Crippen LogP contribution < -0.4 is 10.1 Å². The summed E-state index contributed by atoms with van der Waals surface area (Å²) in [6.45, 7) is -0.305. The third-order valence-corrected chi connectivity index (χ3v) is 5.11. The lowest BCUT2D eigenvalue weighted by atomic mass is 10.1. The van der Waals surface area contributed by atoms with E-state index in [2.05, 4.69) is 17.4 Å². The van der Waals surface area contributed by atoms with Gasteiger partial charge in [0.1, 0.15) is 5.75 Å². The van der Waals surface area contributed by atoms with Crippen molar-refractivity contribution >= 4 is 29.3 Å². The predicted octanol–water partition coefficient (Wildman–Crippen LogP) is 3.46. The quantitative estimate of drug-likeness (QED) is 0.596. The molecule has 1 amide bonds. The molecule has 3 rings (SSSR count). The minimum Gasteiger partial charge on any atom is -0.497 e. The minimum absolute atomic E-state index is 0.186. The topological polar surface area (TPSA) is 64.6 Å². The SMILES string of the molecule is COc1cccc(NC(=O)COC(=O)CSc2ccc3c(c2)CCC3)c1. The summed E-state index contributed by atoms with van der Waals surface area (Å²) >= 11 is 1.43. The molecule has 136 valence electrons. The van der Waals surface area contributed by atoms with Gasteiger partial charge in [-0.2, -0.15) is 0 Å². The number of carbonyl (C=O) groups excluding carboxylic acids is 2. The molecule has 0 heterocycles. The number of hydrogen-bond acceptors (Lipinski definition) is 5. The fourth-order valence-corrected chi connectivity index (χ4v) is 3.62. The van der Waals surface area contributed by atoms with E-state index in [1.54, 1.807) is 31.4 Å². The van der Waals surface area contributed by atoms with E-state index >= 15 is 0 Å². The van der Waals surface area contributed by atoms with Gasteiger partial charge in [-0.3, -0.25) is 9.59 Å². The second-order valence-electron chi connectivity index (χ2n) is 6.01.